The summed E-state index contributed by atoms with van der Waals surface area (Å²) in [4.78, 5) is 2.46. The van der Waals surface area contributed by atoms with Gasteiger partial charge < -0.3 is 15.2 Å². The SMILES string of the molecule is CC1COCCN1CCCOc1ccc(CN)cc1. The Labute approximate surface area is 115 Å². The van der Waals surface area contributed by atoms with Gasteiger partial charge in [-0.3, -0.25) is 4.90 Å². The Kier molecular flexibility index (Phi) is 5.63. The summed E-state index contributed by atoms with van der Waals surface area (Å²) in [5.41, 5.74) is 6.69. The molecule has 2 N–H and O–H groups in total. The second kappa shape index (κ2) is 7.48. The summed E-state index contributed by atoms with van der Waals surface area (Å²) < 4.78 is 11.2. The van der Waals surface area contributed by atoms with Crippen LogP contribution < -0.4 is 10.5 Å². The number of morpholine rings is 1. The number of nitrogens with two attached hydrogens (primary N) is 1. The van der Waals surface area contributed by atoms with E-state index in [4.69, 9.17) is 15.2 Å². The van der Waals surface area contributed by atoms with Crippen LogP contribution in [-0.4, -0.2) is 43.9 Å². The van der Waals surface area contributed by atoms with E-state index in [1.807, 2.05) is 24.3 Å². The van der Waals surface area contributed by atoms with Crippen molar-refractivity contribution in [3.05, 3.63) is 29.8 Å². The van der Waals surface area contributed by atoms with E-state index in [0.29, 0.717) is 12.6 Å². The quantitative estimate of drug-likeness (QED) is 0.793. The Hall–Kier alpha value is -1.10. The van der Waals surface area contributed by atoms with Crippen molar-refractivity contribution < 1.29 is 9.47 Å². The minimum Gasteiger partial charge on any atom is -0.494 e. The molecule has 0 spiro atoms. The molecule has 0 bridgehead atoms. The molecule has 1 aromatic rings. The van der Waals surface area contributed by atoms with E-state index in [0.717, 1.165) is 50.6 Å². The van der Waals surface area contributed by atoms with E-state index in [-0.39, 0.29) is 0 Å². The molecule has 4 heteroatoms. The first-order valence-corrected chi connectivity index (χ1v) is 7.03. The number of ether oxygens (including phenoxy) is 2. The molecule has 0 radical (unpaired) electrons. The molecule has 4 nitrogen and oxygen atoms in total. The molecular formula is C15H24N2O2. The van der Waals surface area contributed by atoms with Gasteiger partial charge in [0.2, 0.25) is 0 Å². The van der Waals surface area contributed by atoms with E-state index in [2.05, 4.69) is 11.8 Å². The zero-order chi connectivity index (χ0) is 13.5. The first kappa shape index (κ1) is 14.3. The maximum absolute atomic E-state index is 5.73. The molecule has 2 rings (SSSR count). The lowest BCUT2D eigenvalue weighted by Crippen LogP contribution is -2.44. The third-order valence-electron chi connectivity index (χ3n) is 3.52. The minimum absolute atomic E-state index is 0.526. The van der Waals surface area contributed by atoms with Crippen molar-refractivity contribution >= 4 is 0 Å². The van der Waals surface area contributed by atoms with Crippen LogP contribution in [-0.2, 0) is 11.3 Å². The van der Waals surface area contributed by atoms with Crippen LogP contribution in [0.5, 0.6) is 5.75 Å². The first-order chi connectivity index (χ1) is 9.29. The van der Waals surface area contributed by atoms with Crippen molar-refractivity contribution in [2.24, 2.45) is 5.73 Å². The van der Waals surface area contributed by atoms with E-state index in [9.17, 15) is 0 Å². The molecule has 19 heavy (non-hydrogen) atoms. The van der Waals surface area contributed by atoms with Crippen LogP contribution in [0.3, 0.4) is 0 Å². The zero-order valence-electron chi connectivity index (χ0n) is 11.7. The fraction of sp³-hybridized carbons (Fsp3) is 0.600. The Balaban J connectivity index is 1.65. The smallest absolute Gasteiger partial charge is 0.119 e. The van der Waals surface area contributed by atoms with Crippen LogP contribution in [0, 0.1) is 0 Å². The van der Waals surface area contributed by atoms with Gasteiger partial charge in [0.1, 0.15) is 5.75 Å². The molecule has 1 aliphatic heterocycles. The summed E-state index contributed by atoms with van der Waals surface area (Å²) in [5, 5.41) is 0. The third-order valence-corrected chi connectivity index (χ3v) is 3.52. The number of benzene rings is 1. The largest absolute Gasteiger partial charge is 0.494 e. The fourth-order valence-electron chi connectivity index (χ4n) is 2.27. The highest BCUT2D eigenvalue weighted by Crippen LogP contribution is 2.12. The van der Waals surface area contributed by atoms with Crippen LogP contribution in [0.4, 0.5) is 0 Å². The van der Waals surface area contributed by atoms with Crippen LogP contribution in [0.25, 0.3) is 0 Å². The molecule has 0 amide bonds. The average molecular weight is 264 g/mol. The Morgan fingerprint density at radius 1 is 1.37 bits per heavy atom. The van der Waals surface area contributed by atoms with E-state index < -0.39 is 0 Å². The van der Waals surface area contributed by atoms with Crippen molar-refractivity contribution in [2.45, 2.75) is 25.9 Å². The highest BCUT2D eigenvalue weighted by atomic mass is 16.5. The first-order valence-electron chi connectivity index (χ1n) is 7.03. The average Bonchev–Trinajstić information content (AvgIpc) is 2.46. The van der Waals surface area contributed by atoms with Gasteiger partial charge >= 0.3 is 0 Å². The monoisotopic (exact) mass is 264 g/mol. The predicted octanol–water partition coefficient (Wildman–Crippen LogP) is 1.63. The molecule has 1 unspecified atom stereocenters. The highest BCUT2D eigenvalue weighted by Gasteiger charge is 2.17. The number of hydrogen-bond acceptors (Lipinski definition) is 4. The van der Waals surface area contributed by atoms with Gasteiger partial charge in [-0.15, -0.1) is 0 Å². The maximum atomic E-state index is 5.73. The predicted molar refractivity (Wildman–Crippen MR) is 76.3 cm³/mol. The standard InChI is InChI=1S/C15H24N2O2/c1-13-12-18-10-8-17(13)7-2-9-19-15-5-3-14(11-16)4-6-15/h3-6,13H,2,7-12,16H2,1H3. The lowest BCUT2D eigenvalue weighted by Gasteiger charge is -2.33. The van der Waals surface area contributed by atoms with Crippen molar-refractivity contribution in [3.63, 3.8) is 0 Å². The van der Waals surface area contributed by atoms with Crippen LogP contribution in [0.2, 0.25) is 0 Å². The van der Waals surface area contributed by atoms with Gasteiger partial charge in [-0.2, -0.15) is 0 Å². The summed E-state index contributed by atoms with van der Waals surface area (Å²) in [6.45, 7) is 7.36. The molecule has 0 aliphatic carbocycles. The normalized spacial score (nSPS) is 20.4. The van der Waals surface area contributed by atoms with Crippen molar-refractivity contribution in [1.29, 1.82) is 0 Å². The van der Waals surface area contributed by atoms with E-state index >= 15 is 0 Å². The summed E-state index contributed by atoms with van der Waals surface area (Å²) in [7, 11) is 0. The summed E-state index contributed by atoms with van der Waals surface area (Å²) in [6, 6.07) is 8.52. The summed E-state index contributed by atoms with van der Waals surface area (Å²) >= 11 is 0. The molecule has 1 aromatic carbocycles. The molecule has 1 fully saturated rings. The van der Waals surface area contributed by atoms with Gasteiger partial charge in [0.05, 0.1) is 19.8 Å². The maximum Gasteiger partial charge on any atom is 0.119 e. The van der Waals surface area contributed by atoms with Crippen molar-refractivity contribution in [1.82, 2.24) is 4.90 Å². The second-order valence-electron chi connectivity index (χ2n) is 5.01. The zero-order valence-corrected chi connectivity index (χ0v) is 11.7. The molecule has 0 aromatic heterocycles. The van der Waals surface area contributed by atoms with Gasteiger partial charge in [-0.25, -0.2) is 0 Å². The van der Waals surface area contributed by atoms with Crippen LogP contribution >= 0.6 is 0 Å². The Morgan fingerprint density at radius 3 is 2.84 bits per heavy atom. The third kappa shape index (κ3) is 4.49. The number of nitrogens with zero attached hydrogens (tertiary/aromatic N) is 1. The number of hydrogen-bond donors (Lipinski definition) is 1. The lowest BCUT2D eigenvalue weighted by atomic mass is 10.2. The molecule has 1 heterocycles. The van der Waals surface area contributed by atoms with Crippen LogP contribution in [0.1, 0.15) is 18.9 Å². The van der Waals surface area contributed by atoms with E-state index in [1.54, 1.807) is 0 Å². The van der Waals surface area contributed by atoms with Crippen molar-refractivity contribution in [2.75, 3.05) is 32.9 Å². The molecule has 1 atom stereocenters. The molecule has 1 aliphatic rings. The summed E-state index contributed by atoms with van der Waals surface area (Å²) in [6.07, 6.45) is 1.04. The topological polar surface area (TPSA) is 47.7 Å². The highest BCUT2D eigenvalue weighted by molar-refractivity contribution is 5.26. The van der Waals surface area contributed by atoms with Crippen molar-refractivity contribution in [3.8, 4) is 5.75 Å². The van der Waals surface area contributed by atoms with Gasteiger partial charge in [0.25, 0.3) is 0 Å². The fourth-order valence-corrected chi connectivity index (χ4v) is 2.27. The Bertz CT molecular complexity index is 367. The van der Waals surface area contributed by atoms with Gasteiger partial charge in [-0.1, -0.05) is 12.1 Å². The van der Waals surface area contributed by atoms with E-state index in [1.165, 1.54) is 0 Å². The molecule has 0 saturated carbocycles. The minimum atomic E-state index is 0.526. The lowest BCUT2D eigenvalue weighted by molar-refractivity contribution is -0.00200. The second-order valence-corrected chi connectivity index (χ2v) is 5.01. The summed E-state index contributed by atoms with van der Waals surface area (Å²) in [5.74, 6) is 0.923. The van der Waals surface area contributed by atoms with Gasteiger partial charge in [-0.05, 0) is 31.0 Å². The van der Waals surface area contributed by atoms with Crippen LogP contribution in [0.15, 0.2) is 24.3 Å². The molecule has 1 saturated heterocycles. The van der Waals surface area contributed by atoms with Gasteiger partial charge in [0, 0.05) is 25.7 Å². The molecular weight excluding hydrogens is 240 g/mol. The Morgan fingerprint density at radius 2 is 2.16 bits per heavy atom. The molecule has 106 valence electrons. The number of rotatable bonds is 6. The van der Waals surface area contributed by atoms with Gasteiger partial charge in [0.15, 0.2) is 0 Å².